The number of hydrogen-bond acceptors (Lipinski definition) is 3. The molecule has 1 fully saturated rings. The maximum Gasteiger partial charge on any atom is 0.255 e. The van der Waals surface area contributed by atoms with Crippen molar-refractivity contribution < 1.29 is 9.18 Å². The van der Waals surface area contributed by atoms with E-state index in [-0.39, 0.29) is 5.91 Å². The van der Waals surface area contributed by atoms with Crippen molar-refractivity contribution in [3.05, 3.63) is 89.7 Å². The Labute approximate surface area is 183 Å². The number of nitrogens with one attached hydrogen (secondary N) is 1. The van der Waals surface area contributed by atoms with Crippen molar-refractivity contribution in [1.29, 1.82) is 0 Å². The molecule has 0 aliphatic carbocycles. The van der Waals surface area contributed by atoms with E-state index < -0.39 is 5.82 Å². The summed E-state index contributed by atoms with van der Waals surface area (Å²) in [5, 5.41) is 2.85. The van der Waals surface area contributed by atoms with Crippen molar-refractivity contribution >= 4 is 11.6 Å². The number of halogens is 1. The SMILES string of the molecule is CN1CCCN(Cc2ccc(-c3cccc(NC(=O)c4cccc(F)c4)c3)cc2)CC1. The second kappa shape index (κ2) is 9.86. The third kappa shape index (κ3) is 5.78. The van der Waals surface area contributed by atoms with Crippen molar-refractivity contribution in [2.45, 2.75) is 13.0 Å². The lowest BCUT2D eigenvalue weighted by Gasteiger charge is -2.20. The summed E-state index contributed by atoms with van der Waals surface area (Å²) in [4.78, 5) is 17.3. The first-order chi connectivity index (χ1) is 15.1. The summed E-state index contributed by atoms with van der Waals surface area (Å²) >= 11 is 0. The van der Waals surface area contributed by atoms with Crippen LogP contribution in [0.25, 0.3) is 11.1 Å². The quantitative estimate of drug-likeness (QED) is 0.643. The molecule has 0 radical (unpaired) electrons. The molecule has 0 unspecified atom stereocenters. The van der Waals surface area contributed by atoms with E-state index in [1.807, 2.05) is 24.3 Å². The summed E-state index contributed by atoms with van der Waals surface area (Å²) in [6.45, 7) is 5.50. The minimum Gasteiger partial charge on any atom is -0.322 e. The van der Waals surface area contributed by atoms with Gasteiger partial charge in [-0.2, -0.15) is 0 Å². The molecule has 3 aromatic carbocycles. The molecule has 0 spiro atoms. The summed E-state index contributed by atoms with van der Waals surface area (Å²) in [5.74, 6) is -0.747. The first-order valence-corrected chi connectivity index (χ1v) is 10.7. The van der Waals surface area contributed by atoms with Gasteiger partial charge >= 0.3 is 0 Å². The van der Waals surface area contributed by atoms with Crippen molar-refractivity contribution in [2.75, 3.05) is 38.5 Å². The first-order valence-electron chi connectivity index (χ1n) is 10.7. The minimum atomic E-state index is -0.423. The number of nitrogens with zero attached hydrogens (tertiary/aromatic N) is 2. The molecule has 31 heavy (non-hydrogen) atoms. The van der Waals surface area contributed by atoms with Crippen LogP contribution in [0.3, 0.4) is 0 Å². The summed E-state index contributed by atoms with van der Waals surface area (Å²) in [7, 11) is 2.19. The van der Waals surface area contributed by atoms with Gasteiger partial charge in [0.25, 0.3) is 5.91 Å². The van der Waals surface area contributed by atoms with E-state index in [9.17, 15) is 9.18 Å². The van der Waals surface area contributed by atoms with Crippen LogP contribution in [0.5, 0.6) is 0 Å². The van der Waals surface area contributed by atoms with E-state index in [1.165, 1.54) is 36.7 Å². The molecule has 0 saturated carbocycles. The predicted molar refractivity (Wildman–Crippen MR) is 124 cm³/mol. The van der Waals surface area contributed by atoms with E-state index in [4.69, 9.17) is 0 Å². The Morgan fingerprint density at radius 2 is 1.71 bits per heavy atom. The Hall–Kier alpha value is -3.02. The van der Waals surface area contributed by atoms with Gasteiger partial charge in [-0.05, 0) is 73.6 Å². The van der Waals surface area contributed by atoms with Gasteiger partial charge in [-0.1, -0.05) is 42.5 Å². The number of carbonyl (C=O) groups is 1. The van der Waals surface area contributed by atoms with Crippen LogP contribution in [0.15, 0.2) is 72.8 Å². The number of carbonyl (C=O) groups excluding carboxylic acids is 1. The molecule has 1 N–H and O–H groups in total. The molecule has 4 rings (SSSR count). The van der Waals surface area contributed by atoms with Crippen LogP contribution in [0.1, 0.15) is 22.3 Å². The van der Waals surface area contributed by atoms with E-state index in [0.717, 1.165) is 37.3 Å². The molecule has 3 aromatic rings. The van der Waals surface area contributed by atoms with E-state index in [0.29, 0.717) is 11.3 Å². The minimum absolute atomic E-state index is 0.300. The molecule has 160 valence electrons. The number of hydrogen-bond donors (Lipinski definition) is 1. The molecule has 0 atom stereocenters. The summed E-state index contributed by atoms with van der Waals surface area (Å²) < 4.78 is 13.4. The highest BCUT2D eigenvalue weighted by molar-refractivity contribution is 6.04. The third-order valence-electron chi connectivity index (χ3n) is 5.71. The maximum absolute atomic E-state index is 13.4. The lowest BCUT2D eigenvalue weighted by atomic mass is 10.0. The second-order valence-corrected chi connectivity index (χ2v) is 8.18. The molecule has 5 heteroatoms. The van der Waals surface area contributed by atoms with Crippen molar-refractivity contribution in [3.63, 3.8) is 0 Å². The van der Waals surface area contributed by atoms with Crippen LogP contribution < -0.4 is 5.32 Å². The van der Waals surface area contributed by atoms with Gasteiger partial charge in [-0.15, -0.1) is 0 Å². The van der Waals surface area contributed by atoms with Gasteiger partial charge in [-0.3, -0.25) is 9.69 Å². The van der Waals surface area contributed by atoms with Crippen molar-refractivity contribution in [1.82, 2.24) is 9.80 Å². The summed E-state index contributed by atoms with van der Waals surface area (Å²) in [5.41, 5.74) is 4.42. The largest absolute Gasteiger partial charge is 0.322 e. The highest BCUT2D eigenvalue weighted by Crippen LogP contribution is 2.24. The average Bonchev–Trinajstić information content (AvgIpc) is 2.98. The van der Waals surface area contributed by atoms with Gasteiger partial charge < -0.3 is 10.2 Å². The predicted octanol–water partition coefficient (Wildman–Crippen LogP) is 4.88. The van der Waals surface area contributed by atoms with Crippen LogP contribution in [-0.2, 0) is 6.54 Å². The van der Waals surface area contributed by atoms with E-state index in [2.05, 4.69) is 46.4 Å². The van der Waals surface area contributed by atoms with Gasteiger partial charge in [0.2, 0.25) is 0 Å². The highest BCUT2D eigenvalue weighted by Gasteiger charge is 2.12. The number of benzene rings is 3. The van der Waals surface area contributed by atoms with Crippen LogP contribution in [0.2, 0.25) is 0 Å². The molecule has 1 aliphatic heterocycles. The van der Waals surface area contributed by atoms with Crippen LogP contribution >= 0.6 is 0 Å². The Morgan fingerprint density at radius 1 is 0.903 bits per heavy atom. The monoisotopic (exact) mass is 417 g/mol. The number of rotatable bonds is 5. The highest BCUT2D eigenvalue weighted by atomic mass is 19.1. The third-order valence-corrected chi connectivity index (χ3v) is 5.71. The smallest absolute Gasteiger partial charge is 0.255 e. The molecule has 4 nitrogen and oxygen atoms in total. The molecule has 1 aliphatic rings. The number of likely N-dealkylation sites (N-methyl/N-ethyl adjacent to an activating group) is 1. The Bertz CT molecular complexity index is 1030. The molecular weight excluding hydrogens is 389 g/mol. The van der Waals surface area contributed by atoms with Crippen molar-refractivity contribution in [2.24, 2.45) is 0 Å². The molecule has 1 heterocycles. The summed E-state index contributed by atoms with van der Waals surface area (Å²) in [6.07, 6.45) is 1.21. The van der Waals surface area contributed by atoms with Gasteiger partial charge in [0, 0.05) is 30.9 Å². The zero-order chi connectivity index (χ0) is 21.6. The van der Waals surface area contributed by atoms with Gasteiger partial charge in [0.15, 0.2) is 0 Å². The van der Waals surface area contributed by atoms with Gasteiger partial charge in [-0.25, -0.2) is 4.39 Å². The maximum atomic E-state index is 13.4. The fourth-order valence-corrected chi connectivity index (χ4v) is 3.93. The Balaban J connectivity index is 1.42. The molecule has 0 bridgehead atoms. The molecule has 0 aromatic heterocycles. The zero-order valence-corrected chi connectivity index (χ0v) is 17.9. The van der Waals surface area contributed by atoms with Gasteiger partial charge in [0.05, 0.1) is 0 Å². The standard InChI is InChI=1S/C26H28FN3O/c1-29-13-4-14-30(16-15-29)19-20-9-11-21(12-10-20)22-5-3-8-25(18-22)28-26(31)23-6-2-7-24(27)17-23/h2-3,5-12,17-18H,4,13-16,19H2,1H3,(H,28,31). The fourth-order valence-electron chi connectivity index (χ4n) is 3.93. The normalized spacial score (nSPS) is 15.4. The lowest BCUT2D eigenvalue weighted by molar-refractivity contribution is 0.102. The van der Waals surface area contributed by atoms with Crippen LogP contribution in [0.4, 0.5) is 10.1 Å². The number of anilines is 1. The van der Waals surface area contributed by atoms with E-state index in [1.54, 1.807) is 6.07 Å². The Kier molecular flexibility index (Phi) is 6.75. The Morgan fingerprint density at radius 3 is 2.52 bits per heavy atom. The first kappa shape index (κ1) is 21.2. The van der Waals surface area contributed by atoms with Crippen molar-refractivity contribution in [3.8, 4) is 11.1 Å². The lowest BCUT2D eigenvalue weighted by Crippen LogP contribution is -2.28. The number of amides is 1. The molecule has 1 saturated heterocycles. The molecular formula is C26H28FN3O. The van der Waals surface area contributed by atoms with Crippen LogP contribution in [0, 0.1) is 5.82 Å². The topological polar surface area (TPSA) is 35.6 Å². The average molecular weight is 418 g/mol. The van der Waals surface area contributed by atoms with Gasteiger partial charge in [0.1, 0.15) is 5.82 Å². The zero-order valence-electron chi connectivity index (χ0n) is 17.9. The second-order valence-electron chi connectivity index (χ2n) is 8.18. The molecule has 1 amide bonds. The van der Waals surface area contributed by atoms with Crippen LogP contribution in [-0.4, -0.2) is 48.9 Å². The fraction of sp³-hybridized carbons (Fsp3) is 0.269. The summed E-state index contributed by atoms with van der Waals surface area (Å²) in [6, 6.07) is 22.0. The van der Waals surface area contributed by atoms with E-state index >= 15 is 0 Å².